The van der Waals surface area contributed by atoms with Gasteiger partial charge in [-0.15, -0.1) is 0 Å². The van der Waals surface area contributed by atoms with Crippen molar-refractivity contribution in [2.24, 2.45) is 17.8 Å². The van der Waals surface area contributed by atoms with Crippen LogP contribution in [-0.4, -0.2) is 110 Å². The van der Waals surface area contributed by atoms with Crippen LogP contribution in [0.4, 0.5) is 0 Å². The van der Waals surface area contributed by atoms with Crippen LogP contribution >= 0.6 is 15.9 Å². The van der Waals surface area contributed by atoms with Gasteiger partial charge in [0.1, 0.15) is 0 Å². The molecule has 10 heteroatoms. The van der Waals surface area contributed by atoms with Crippen LogP contribution in [0.2, 0.25) is 0 Å². The summed E-state index contributed by atoms with van der Waals surface area (Å²) in [5.74, 6) is 1.37. The van der Waals surface area contributed by atoms with Crippen LogP contribution in [0.3, 0.4) is 0 Å². The number of hydrogen-bond donors (Lipinski definition) is 4. The van der Waals surface area contributed by atoms with Gasteiger partial charge in [0, 0.05) is 42.5 Å². The first kappa shape index (κ1) is 28.2. The fraction of sp³-hybridized carbons (Fsp3) is 0.963. The summed E-state index contributed by atoms with van der Waals surface area (Å²) in [6.07, 6.45) is 7.20. The molecule has 5 fully saturated rings. The van der Waals surface area contributed by atoms with Gasteiger partial charge in [-0.05, 0) is 63.8 Å². The minimum Gasteiger partial charge on any atom is -0.390 e. The number of aliphatic hydroxyl groups is 1. The standard InChI is InChI=1S/C27H47BrN4O5/c1-17-25(37-16-30-17)15-36-24-6-5-19-11-32(8-7-23(19)26(24)28)12-22(33)10-29-27(34)18-3-2-4-20(9-18)31-21-13-35-14-21/h17-26,30-31,33H,2-16H2,1H3,(H,29,34)/t17?,18?,19?,20?,22-,23?,24?,25?,26?/m0/s1. The van der Waals surface area contributed by atoms with Crippen molar-refractivity contribution in [2.75, 3.05) is 52.7 Å². The minimum atomic E-state index is -0.536. The van der Waals surface area contributed by atoms with E-state index in [9.17, 15) is 9.90 Å². The molecule has 0 aromatic carbocycles. The largest absolute Gasteiger partial charge is 0.390 e. The first-order chi connectivity index (χ1) is 18.0. The third-order valence-corrected chi connectivity index (χ3v) is 10.6. The fourth-order valence-corrected chi connectivity index (χ4v) is 8.06. The number of nitrogens with zero attached hydrogens (tertiary/aromatic N) is 1. The van der Waals surface area contributed by atoms with E-state index in [4.69, 9.17) is 14.2 Å². The molecule has 3 aliphatic heterocycles. The number of fused-ring (bicyclic) bond motifs is 1. The zero-order valence-electron chi connectivity index (χ0n) is 22.3. The number of β-amino-alcohol motifs (C(OH)–C–C–N with tert-alkyl or cyclic N) is 1. The average molecular weight is 588 g/mol. The number of aliphatic hydroxyl groups excluding tert-OH is 1. The highest BCUT2D eigenvalue weighted by Crippen LogP contribution is 2.41. The second-order valence-electron chi connectivity index (χ2n) is 12.1. The lowest BCUT2D eigenvalue weighted by Crippen LogP contribution is -2.53. The minimum absolute atomic E-state index is 0.0446. The van der Waals surface area contributed by atoms with Gasteiger partial charge in [0.25, 0.3) is 0 Å². The molecule has 37 heavy (non-hydrogen) atoms. The summed E-state index contributed by atoms with van der Waals surface area (Å²) >= 11 is 3.99. The van der Waals surface area contributed by atoms with E-state index in [0.717, 1.165) is 71.2 Å². The number of nitrogens with one attached hydrogen (secondary N) is 3. The molecule has 3 heterocycles. The number of piperidine rings is 1. The van der Waals surface area contributed by atoms with E-state index in [-0.39, 0.29) is 24.0 Å². The second-order valence-corrected chi connectivity index (χ2v) is 13.1. The normalized spacial score (nSPS) is 40.1. The molecular weight excluding hydrogens is 540 g/mol. The van der Waals surface area contributed by atoms with E-state index in [1.54, 1.807) is 0 Å². The van der Waals surface area contributed by atoms with Gasteiger partial charge in [0.2, 0.25) is 5.91 Å². The number of rotatable bonds is 10. The Hall–Kier alpha value is -0.330. The van der Waals surface area contributed by atoms with Gasteiger partial charge in [-0.2, -0.15) is 0 Å². The summed E-state index contributed by atoms with van der Waals surface area (Å²) in [7, 11) is 0. The molecule has 2 aliphatic carbocycles. The zero-order valence-corrected chi connectivity index (χ0v) is 23.9. The Morgan fingerprint density at radius 1 is 1.22 bits per heavy atom. The van der Waals surface area contributed by atoms with E-state index in [0.29, 0.717) is 61.2 Å². The van der Waals surface area contributed by atoms with Gasteiger partial charge in [-0.25, -0.2) is 0 Å². The highest BCUT2D eigenvalue weighted by molar-refractivity contribution is 9.09. The SMILES string of the molecule is CC1NCOC1COC1CCC2CN(C[C@@H](O)CNC(=O)C3CCCC(NC4COC4)C3)CCC2C1Br. The summed E-state index contributed by atoms with van der Waals surface area (Å²) in [6, 6.07) is 1.20. The predicted octanol–water partition coefficient (Wildman–Crippen LogP) is 1.23. The predicted molar refractivity (Wildman–Crippen MR) is 145 cm³/mol. The van der Waals surface area contributed by atoms with Crippen LogP contribution in [0.15, 0.2) is 0 Å². The van der Waals surface area contributed by atoms with Crippen molar-refractivity contribution in [3.05, 3.63) is 0 Å². The third kappa shape index (κ3) is 7.45. The third-order valence-electron chi connectivity index (χ3n) is 9.33. The molecule has 9 atom stereocenters. The van der Waals surface area contributed by atoms with E-state index >= 15 is 0 Å². The number of hydrogen-bond acceptors (Lipinski definition) is 8. The Balaban J connectivity index is 0.993. The first-order valence-electron chi connectivity index (χ1n) is 14.6. The smallest absolute Gasteiger partial charge is 0.223 e. The van der Waals surface area contributed by atoms with Crippen LogP contribution in [0.5, 0.6) is 0 Å². The summed E-state index contributed by atoms with van der Waals surface area (Å²) in [5.41, 5.74) is 0. The number of ether oxygens (including phenoxy) is 3. The lowest BCUT2D eigenvalue weighted by Gasteiger charge is -2.46. The van der Waals surface area contributed by atoms with Crippen molar-refractivity contribution in [3.63, 3.8) is 0 Å². The number of amides is 1. The quantitative estimate of drug-likeness (QED) is 0.283. The molecule has 9 nitrogen and oxygen atoms in total. The van der Waals surface area contributed by atoms with Gasteiger partial charge in [-0.3, -0.25) is 10.1 Å². The maximum Gasteiger partial charge on any atom is 0.223 e. The molecule has 3 saturated heterocycles. The Morgan fingerprint density at radius 2 is 2.08 bits per heavy atom. The van der Waals surface area contributed by atoms with Crippen molar-refractivity contribution in [1.29, 1.82) is 0 Å². The van der Waals surface area contributed by atoms with E-state index in [1.807, 2.05) is 0 Å². The summed E-state index contributed by atoms with van der Waals surface area (Å²) in [4.78, 5) is 15.6. The summed E-state index contributed by atoms with van der Waals surface area (Å²) < 4.78 is 17.3. The molecular formula is C27H47BrN4O5. The molecule has 8 unspecified atom stereocenters. The Kier molecular flexibility index (Phi) is 10.2. The van der Waals surface area contributed by atoms with Crippen molar-refractivity contribution in [2.45, 2.75) is 93.1 Å². The second kappa shape index (κ2) is 13.4. The van der Waals surface area contributed by atoms with E-state index < -0.39 is 6.10 Å². The van der Waals surface area contributed by atoms with Gasteiger partial charge >= 0.3 is 0 Å². The molecule has 0 bridgehead atoms. The van der Waals surface area contributed by atoms with Crippen molar-refractivity contribution < 1.29 is 24.1 Å². The Morgan fingerprint density at radius 3 is 2.84 bits per heavy atom. The topological polar surface area (TPSA) is 104 Å². The van der Waals surface area contributed by atoms with Gasteiger partial charge in [-0.1, -0.05) is 22.4 Å². The summed E-state index contributed by atoms with van der Waals surface area (Å²) in [5, 5.41) is 20.7. The molecule has 0 spiro atoms. The van der Waals surface area contributed by atoms with Crippen LogP contribution in [0.25, 0.3) is 0 Å². The van der Waals surface area contributed by atoms with Crippen LogP contribution in [0, 0.1) is 17.8 Å². The van der Waals surface area contributed by atoms with Crippen LogP contribution in [-0.2, 0) is 19.0 Å². The molecule has 212 valence electrons. The first-order valence-corrected chi connectivity index (χ1v) is 15.5. The number of halogens is 1. The zero-order chi connectivity index (χ0) is 25.8. The molecule has 4 N–H and O–H groups in total. The lowest BCUT2D eigenvalue weighted by atomic mass is 9.73. The Labute approximate surface area is 230 Å². The van der Waals surface area contributed by atoms with E-state index in [2.05, 4.69) is 43.7 Å². The molecule has 0 aromatic rings. The maximum atomic E-state index is 12.8. The van der Waals surface area contributed by atoms with Crippen molar-refractivity contribution >= 4 is 21.8 Å². The maximum absolute atomic E-state index is 12.8. The van der Waals surface area contributed by atoms with Crippen LogP contribution in [0.1, 0.15) is 51.9 Å². The van der Waals surface area contributed by atoms with Gasteiger partial charge < -0.3 is 34.9 Å². The van der Waals surface area contributed by atoms with Gasteiger partial charge in [0.15, 0.2) is 0 Å². The molecule has 5 rings (SSSR count). The van der Waals surface area contributed by atoms with Crippen LogP contribution < -0.4 is 16.0 Å². The number of carbonyl (C=O) groups is 1. The van der Waals surface area contributed by atoms with Crippen molar-refractivity contribution in [1.82, 2.24) is 20.9 Å². The molecule has 2 saturated carbocycles. The number of carbonyl (C=O) groups excluding carboxylic acids is 1. The highest BCUT2D eigenvalue weighted by Gasteiger charge is 2.42. The summed E-state index contributed by atoms with van der Waals surface area (Å²) in [6.45, 7) is 7.93. The molecule has 1 amide bonds. The van der Waals surface area contributed by atoms with E-state index in [1.165, 1.54) is 0 Å². The monoisotopic (exact) mass is 586 g/mol. The molecule has 0 radical (unpaired) electrons. The number of alkyl halides is 1. The molecule has 0 aromatic heterocycles. The van der Waals surface area contributed by atoms with Crippen molar-refractivity contribution in [3.8, 4) is 0 Å². The van der Waals surface area contributed by atoms with Gasteiger partial charge in [0.05, 0.1) is 50.9 Å². The molecule has 5 aliphatic rings. The fourth-order valence-electron chi connectivity index (χ4n) is 6.95. The highest BCUT2D eigenvalue weighted by atomic mass is 79.9. The number of likely N-dealkylation sites (tertiary alicyclic amines) is 1. The lowest BCUT2D eigenvalue weighted by molar-refractivity contribution is -0.126. The Bertz CT molecular complexity index is 746. The average Bonchev–Trinajstić information content (AvgIpc) is 3.29.